The van der Waals surface area contributed by atoms with Crippen LogP contribution in [0, 0.1) is 24.7 Å². The predicted molar refractivity (Wildman–Crippen MR) is 105 cm³/mol. The van der Waals surface area contributed by atoms with Crippen molar-refractivity contribution in [2.45, 2.75) is 80.1 Å². The number of hydrogen-bond acceptors (Lipinski definition) is 2. The van der Waals surface area contributed by atoms with Crippen molar-refractivity contribution in [3.05, 3.63) is 34.4 Å². The van der Waals surface area contributed by atoms with Crippen LogP contribution in [0.2, 0.25) is 0 Å². The van der Waals surface area contributed by atoms with Gasteiger partial charge in [-0.2, -0.15) is 0 Å². The molecule has 0 radical (unpaired) electrons. The summed E-state index contributed by atoms with van der Waals surface area (Å²) in [5.74, 6) is -1.51. The van der Waals surface area contributed by atoms with Crippen molar-refractivity contribution in [3.8, 4) is 0 Å². The minimum Gasteiger partial charge on any atom is -0.481 e. The smallest absolute Gasteiger partial charge is 0.309 e. The maximum atomic E-state index is 11.3. The lowest BCUT2D eigenvalue weighted by atomic mass is 9.84. The van der Waals surface area contributed by atoms with Crippen molar-refractivity contribution in [3.63, 3.8) is 0 Å². The number of carboxylic acids is 2. The fourth-order valence-corrected chi connectivity index (χ4v) is 3.06. The third kappa shape index (κ3) is 6.15. The second kappa shape index (κ2) is 8.70. The molecule has 0 aliphatic rings. The van der Waals surface area contributed by atoms with E-state index in [2.05, 4.69) is 26.0 Å². The quantitative estimate of drug-likeness (QED) is 0.602. The zero-order valence-corrected chi connectivity index (χ0v) is 17.1. The lowest BCUT2D eigenvalue weighted by Crippen LogP contribution is -2.23. The minimum atomic E-state index is -0.756. The van der Waals surface area contributed by atoms with Crippen molar-refractivity contribution >= 4 is 11.9 Å². The Morgan fingerprint density at radius 1 is 0.769 bits per heavy atom. The predicted octanol–water partition coefficient (Wildman–Crippen LogP) is 5.17. The molecule has 4 nitrogen and oxygen atoms in total. The van der Waals surface area contributed by atoms with E-state index in [-0.39, 0.29) is 0 Å². The molecule has 0 spiro atoms. The number of carboxylic acid groups (broad SMARTS) is 2. The highest BCUT2D eigenvalue weighted by molar-refractivity contribution is 5.73. The summed E-state index contributed by atoms with van der Waals surface area (Å²) in [6.45, 7) is 11.3. The lowest BCUT2D eigenvalue weighted by Gasteiger charge is -2.21. The van der Waals surface area contributed by atoms with Crippen LogP contribution in [0.25, 0.3) is 0 Å². The van der Waals surface area contributed by atoms with Gasteiger partial charge in [0.2, 0.25) is 0 Å². The van der Waals surface area contributed by atoms with Crippen LogP contribution in [-0.2, 0) is 22.4 Å². The molecule has 0 saturated carbocycles. The van der Waals surface area contributed by atoms with Gasteiger partial charge in [-0.1, -0.05) is 12.1 Å². The molecule has 0 aliphatic heterocycles. The first-order valence-electron chi connectivity index (χ1n) is 9.42. The highest BCUT2D eigenvalue weighted by Crippen LogP contribution is 2.28. The molecule has 0 fully saturated rings. The molecule has 0 amide bonds. The topological polar surface area (TPSA) is 74.6 Å². The van der Waals surface area contributed by atoms with Crippen LogP contribution in [-0.4, -0.2) is 22.2 Å². The van der Waals surface area contributed by atoms with Crippen LogP contribution in [0.3, 0.4) is 0 Å². The van der Waals surface area contributed by atoms with Crippen molar-refractivity contribution in [2.24, 2.45) is 10.8 Å². The van der Waals surface area contributed by atoms with Crippen molar-refractivity contribution in [1.29, 1.82) is 0 Å². The Morgan fingerprint density at radius 3 is 1.35 bits per heavy atom. The summed E-state index contributed by atoms with van der Waals surface area (Å²) in [5.41, 5.74) is 3.61. The first-order chi connectivity index (χ1) is 11.9. The molecular formula is C22H34O4. The minimum absolute atomic E-state index is 0.640. The van der Waals surface area contributed by atoms with E-state index < -0.39 is 22.8 Å². The zero-order valence-electron chi connectivity index (χ0n) is 17.1. The van der Waals surface area contributed by atoms with Crippen molar-refractivity contribution in [1.82, 2.24) is 0 Å². The SMILES string of the molecule is Cc1cc(CCCC(C)(C)C(=O)O)c(CCCC(C)(C)C(=O)O)cc1C. The number of aliphatic carboxylic acids is 2. The van der Waals surface area contributed by atoms with Crippen LogP contribution < -0.4 is 0 Å². The Labute approximate surface area is 157 Å². The molecule has 0 atom stereocenters. The third-order valence-electron chi connectivity index (χ3n) is 5.47. The molecule has 0 aliphatic carbocycles. The number of carbonyl (C=O) groups is 2. The zero-order chi connectivity index (χ0) is 20.1. The van der Waals surface area contributed by atoms with E-state index in [9.17, 15) is 19.8 Å². The van der Waals surface area contributed by atoms with E-state index in [0.29, 0.717) is 12.8 Å². The molecule has 0 bridgehead atoms. The summed E-state index contributed by atoms with van der Waals surface area (Å²) in [6.07, 6.45) is 4.65. The van der Waals surface area contributed by atoms with Crippen LogP contribution in [0.1, 0.15) is 75.6 Å². The van der Waals surface area contributed by atoms with Gasteiger partial charge in [-0.25, -0.2) is 0 Å². The van der Waals surface area contributed by atoms with Crippen LogP contribution in [0.5, 0.6) is 0 Å². The summed E-state index contributed by atoms with van der Waals surface area (Å²) in [7, 11) is 0. The van der Waals surface area contributed by atoms with E-state index in [1.54, 1.807) is 27.7 Å². The summed E-state index contributed by atoms with van der Waals surface area (Å²) < 4.78 is 0. The first-order valence-corrected chi connectivity index (χ1v) is 9.42. The molecule has 0 unspecified atom stereocenters. The van der Waals surface area contributed by atoms with Crippen LogP contribution >= 0.6 is 0 Å². The van der Waals surface area contributed by atoms with Gasteiger partial charge in [0, 0.05) is 0 Å². The molecule has 1 aromatic rings. The fourth-order valence-electron chi connectivity index (χ4n) is 3.06. The second-order valence-electron chi connectivity index (χ2n) is 8.79. The molecule has 0 saturated heterocycles. The first kappa shape index (κ1) is 22.2. The average molecular weight is 363 g/mol. The van der Waals surface area contributed by atoms with Crippen LogP contribution in [0.15, 0.2) is 12.1 Å². The fraction of sp³-hybridized carbons (Fsp3) is 0.636. The maximum Gasteiger partial charge on any atom is 0.309 e. The lowest BCUT2D eigenvalue weighted by molar-refractivity contribution is -0.148. The highest BCUT2D eigenvalue weighted by atomic mass is 16.4. The van der Waals surface area contributed by atoms with Gasteiger partial charge in [0.15, 0.2) is 0 Å². The van der Waals surface area contributed by atoms with Gasteiger partial charge in [-0.05, 0) is 102 Å². The Morgan fingerprint density at radius 2 is 1.08 bits per heavy atom. The number of benzene rings is 1. The Kier molecular flexibility index (Phi) is 7.43. The van der Waals surface area contributed by atoms with E-state index >= 15 is 0 Å². The average Bonchev–Trinajstić information content (AvgIpc) is 2.51. The molecule has 146 valence electrons. The van der Waals surface area contributed by atoms with E-state index in [1.165, 1.54) is 22.3 Å². The van der Waals surface area contributed by atoms with Gasteiger partial charge in [-0.15, -0.1) is 0 Å². The van der Waals surface area contributed by atoms with Gasteiger partial charge in [0.05, 0.1) is 10.8 Å². The number of rotatable bonds is 10. The third-order valence-corrected chi connectivity index (χ3v) is 5.47. The monoisotopic (exact) mass is 362 g/mol. The summed E-state index contributed by atoms with van der Waals surface area (Å²) in [6, 6.07) is 4.42. The Hall–Kier alpha value is -1.84. The van der Waals surface area contributed by atoms with Gasteiger partial charge in [0.1, 0.15) is 0 Å². The van der Waals surface area contributed by atoms with Gasteiger partial charge >= 0.3 is 11.9 Å². The van der Waals surface area contributed by atoms with Crippen molar-refractivity contribution < 1.29 is 19.8 Å². The van der Waals surface area contributed by atoms with Crippen molar-refractivity contribution in [2.75, 3.05) is 0 Å². The summed E-state index contributed by atoms with van der Waals surface area (Å²) in [4.78, 5) is 22.5. The normalized spacial score (nSPS) is 12.2. The molecule has 4 heteroatoms. The second-order valence-corrected chi connectivity index (χ2v) is 8.79. The maximum absolute atomic E-state index is 11.3. The molecule has 0 aromatic heterocycles. The van der Waals surface area contributed by atoms with Gasteiger partial charge in [-0.3, -0.25) is 9.59 Å². The largest absolute Gasteiger partial charge is 0.481 e. The number of aryl methyl sites for hydroxylation is 4. The molecule has 0 heterocycles. The highest BCUT2D eigenvalue weighted by Gasteiger charge is 2.27. The molecule has 26 heavy (non-hydrogen) atoms. The standard InChI is InChI=1S/C22H34O4/c1-15-13-17(9-7-11-21(3,4)19(23)24)18(14-16(15)2)10-8-12-22(5,6)20(25)26/h13-14H,7-12H2,1-6H3,(H,23,24)(H,25,26). The van der Waals surface area contributed by atoms with Gasteiger partial charge < -0.3 is 10.2 Å². The molecule has 2 N–H and O–H groups in total. The number of hydrogen-bond donors (Lipinski definition) is 2. The molecular weight excluding hydrogens is 328 g/mol. The molecule has 1 rings (SSSR count). The Balaban J connectivity index is 2.80. The molecule has 1 aromatic carbocycles. The summed E-state index contributed by atoms with van der Waals surface area (Å²) >= 11 is 0. The Bertz CT molecular complexity index is 599. The summed E-state index contributed by atoms with van der Waals surface area (Å²) in [5, 5.41) is 18.5. The van der Waals surface area contributed by atoms with E-state index in [4.69, 9.17) is 0 Å². The van der Waals surface area contributed by atoms with Crippen LogP contribution in [0.4, 0.5) is 0 Å². The van der Waals surface area contributed by atoms with E-state index in [1.807, 2.05) is 0 Å². The van der Waals surface area contributed by atoms with Gasteiger partial charge in [0.25, 0.3) is 0 Å². The van der Waals surface area contributed by atoms with E-state index in [0.717, 1.165) is 25.7 Å².